The number of fused-ring (bicyclic) bond motifs is 1. The highest BCUT2D eigenvalue weighted by molar-refractivity contribution is 5.94. The van der Waals surface area contributed by atoms with Gasteiger partial charge in [0, 0.05) is 23.8 Å². The molecule has 0 amide bonds. The van der Waals surface area contributed by atoms with Gasteiger partial charge in [0.05, 0.1) is 5.52 Å². The number of benzene rings is 1. The van der Waals surface area contributed by atoms with Crippen LogP contribution in [0.5, 0.6) is 0 Å². The molecule has 1 aromatic carbocycles. The number of hydrogen-bond donors (Lipinski definition) is 1. The lowest BCUT2D eigenvalue weighted by Gasteiger charge is -2.12. The quantitative estimate of drug-likeness (QED) is 0.764. The van der Waals surface area contributed by atoms with E-state index in [2.05, 4.69) is 49.3 Å². The van der Waals surface area contributed by atoms with Gasteiger partial charge >= 0.3 is 0 Å². The molecule has 15 heavy (non-hydrogen) atoms. The molecule has 0 unspecified atom stereocenters. The Morgan fingerprint density at radius 2 is 1.87 bits per heavy atom. The average molecular weight is 200 g/mol. The summed E-state index contributed by atoms with van der Waals surface area (Å²) in [5.41, 5.74) is 5.86. The third kappa shape index (κ3) is 1.46. The minimum atomic E-state index is 1.10. The van der Waals surface area contributed by atoms with Crippen molar-refractivity contribution in [2.24, 2.45) is 0 Å². The van der Waals surface area contributed by atoms with Gasteiger partial charge < -0.3 is 5.32 Å². The molecule has 2 rings (SSSR count). The number of aromatic nitrogens is 1. The van der Waals surface area contributed by atoms with E-state index in [-0.39, 0.29) is 0 Å². The molecule has 2 aromatic rings. The van der Waals surface area contributed by atoms with E-state index in [0.29, 0.717) is 0 Å². The van der Waals surface area contributed by atoms with Crippen molar-refractivity contribution >= 4 is 16.6 Å². The molecule has 1 heterocycles. The third-order valence-corrected chi connectivity index (χ3v) is 2.95. The van der Waals surface area contributed by atoms with E-state index < -0.39 is 0 Å². The number of nitrogens with zero attached hydrogens (tertiary/aromatic N) is 1. The summed E-state index contributed by atoms with van der Waals surface area (Å²) in [4.78, 5) is 4.64. The van der Waals surface area contributed by atoms with Crippen LogP contribution in [0.15, 0.2) is 18.2 Å². The fourth-order valence-corrected chi connectivity index (χ4v) is 1.97. The summed E-state index contributed by atoms with van der Waals surface area (Å²) < 4.78 is 0. The third-order valence-electron chi connectivity index (χ3n) is 2.95. The van der Waals surface area contributed by atoms with Gasteiger partial charge in [-0.2, -0.15) is 0 Å². The van der Waals surface area contributed by atoms with E-state index in [0.717, 1.165) is 11.2 Å². The fourth-order valence-electron chi connectivity index (χ4n) is 1.97. The molecule has 0 spiro atoms. The topological polar surface area (TPSA) is 24.9 Å². The summed E-state index contributed by atoms with van der Waals surface area (Å²) in [6.45, 7) is 6.27. The van der Waals surface area contributed by atoms with Gasteiger partial charge in [-0.3, -0.25) is 4.98 Å². The Hall–Kier alpha value is -1.57. The first-order valence-corrected chi connectivity index (χ1v) is 5.19. The van der Waals surface area contributed by atoms with Crippen molar-refractivity contribution in [2.45, 2.75) is 20.8 Å². The van der Waals surface area contributed by atoms with Crippen LogP contribution in [0.2, 0.25) is 0 Å². The van der Waals surface area contributed by atoms with Crippen LogP contribution in [0.1, 0.15) is 16.8 Å². The maximum absolute atomic E-state index is 4.64. The van der Waals surface area contributed by atoms with E-state index in [1.165, 1.54) is 22.2 Å². The Balaban J connectivity index is 2.94. The smallest absolute Gasteiger partial charge is 0.0755 e. The van der Waals surface area contributed by atoms with Gasteiger partial charge in [0.2, 0.25) is 0 Å². The van der Waals surface area contributed by atoms with E-state index in [1.807, 2.05) is 7.05 Å². The molecule has 0 aliphatic carbocycles. The lowest BCUT2D eigenvalue weighted by Crippen LogP contribution is -1.99. The van der Waals surface area contributed by atoms with Crippen LogP contribution in [0.3, 0.4) is 0 Å². The molecule has 0 atom stereocenters. The Bertz CT molecular complexity index is 515. The lowest BCUT2D eigenvalue weighted by molar-refractivity contribution is 1.18. The Labute approximate surface area is 90.3 Å². The van der Waals surface area contributed by atoms with Crippen LogP contribution in [-0.4, -0.2) is 12.0 Å². The van der Waals surface area contributed by atoms with E-state index >= 15 is 0 Å². The molecule has 0 aliphatic heterocycles. The van der Waals surface area contributed by atoms with Gasteiger partial charge in [-0.15, -0.1) is 0 Å². The number of rotatable bonds is 1. The largest absolute Gasteiger partial charge is 0.387 e. The monoisotopic (exact) mass is 200 g/mol. The van der Waals surface area contributed by atoms with E-state index in [1.54, 1.807) is 0 Å². The summed E-state index contributed by atoms with van der Waals surface area (Å²) in [6.07, 6.45) is 0. The number of aryl methyl sites for hydroxylation is 2. The van der Waals surface area contributed by atoms with Crippen molar-refractivity contribution < 1.29 is 0 Å². The lowest BCUT2D eigenvalue weighted by atomic mass is 10.0. The molecular formula is C13H16N2. The zero-order chi connectivity index (χ0) is 11.0. The Morgan fingerprint density at radius 1 is 1.13 bits per heavy atom. The number of para-hydroxylation sites is 1. The number of nitrogens with one attached hydrogen (secondary N) is 1. The summed E-state index contributed by atoms with van der Waals surface area (Å²) in [5, 5.41) is 4.48. The van der Waals surface area contributed by atoms with Crippen LogP contribution >= 0.6 is 0 Å². The molecule has 0 saturated heterocycles. The predicted octanol–water partition coefficient (Wildman–Crippen LogP) is 3.20. The molecule has 0 fully saturated rings. The highest BCUT2D eigenvalue weighted by Crippen LogP contribution is 2.28. The molecule has 2 heteroatoms. The van der Waals surface area contributed by atoms with Gasteiger partial charge in [-0.05, 0) is 31.9 Å². The zero-order valence-corrected chi connectivity index (χ0v) is 9.68. The zero-order valence-electron chi connectivity index (χ0n) is 9.68. The number of hydrogen-bond acceptors (Lipinski definition) is 2. The average Bonchev–Trinajstić information content (AvgIpc) is 2.22. The summed E-state index contributed by atoms with van der Waals surface area (Å²) in [6, 6.07) is 6.30. The fraction of sp³-hybridized carbons (Fsp3) is 0.308. The van der Waals surface area contributed by atoms with Crippen molar-refractivity contribution in [3.8, 4) is 0 Å². The summed E-state index contributed by atoms with van der Waals surface area (Å²) in [7, 11) is 1.96. The molecule has 0 aliphatic rings. The SMILES string of the molecule is CNc1c(C)c(C)nc2c(C)cccc12. The van der Waals surface area contributed by atoms with Gasteiger partial charge in [0.1, 0.15) is 0 Å². The van der Waals surface area contributed by atoms with Crippen molar-refractivity contribution in [3.05, 3.63) is 35.0 Å². The molecule has 1 aromatic heterocycles. The van der Waals surface area contributed by atoms with Crippen molar-refractivity contribution in [2.75, 3.05) is 12.4 Å². The second kappa shape index (κ2) is 3.54. The van der Waals surface area contributed by atoms with E-state index in [9.17, 15) is 0 Å². The second-order valence-electron chi connectivity index (χ2n) is 3.92. The van der Waals surface area contributed by atoms with Crippen LogP contribution in [0, 0.1) is 20.8 Å². The van der Waals surface area contributed by atoms with Crippen LogP contribution in [0.4, 0.5) is 5.69 Å². The van der Waals surface area contributed by atoms with Gasteiger partial charge in [0.25, 0.3) is 0 Å². The van der Waals surface area contributed by atoms with Crippen molar-refractivity contribution in [1.82, 2.24) is 4.98 Å². The Morgan fingerprint density at radius 3 is 2.53 bits per heavy atom. The summed E-state index contributed by atoms with van der Waals surface area (Å²) in [5.74, 6) is 0. The minimum absolute atomic E-state index is 1.10. The normalized spacial score (nSPS) is 10.7. The highest BCUT2D eigenvalue weighted by Gasteiger charge is 2.08. The van der Waals surface area contributed by atoms with Gasteiger partial charge in [-0.1, -0.05) is 18.2 Å². The molecule has 78 valence electrons. The maximum Gasteiger partial charge on any atom is 0.0755 e. The van der Waals surface area contributed by atoms with Crippen molar-refractivity contribution in [1.29, 1.82) is 0 Å². The van der Waals surface area contributed by atoms with Crippen LogP contribution in [-0.2, 0) is 0 Å². The second-order valence-corrected chi connectivity index (χ2v) is 3.92. The predicted molar refractivity (Wildman–Crippen MR) is 65.5 cm³/mol. The van der Waals surface area contributed by atoms with Crippen molar-refractivity contribution in [3.63, 3.8) is 0 Å². The molecule has 0 radical (unpaired) electrons. The van der Waals surface area contributed by atoms with E-state index in [4.69, 9.17) is 0 Å². The number of pyridine rings is 1. The molecule has 2 nitrogen and oxygen atoms in total. The first-order chi connectivity index (χ1) is 7.15. The van der Waals surface area contributed by atoms with Gasteiger partial charge in [0.15, 0.2) is 0 Å². The molecular weight excluding hydrogens is 184 g/mol. The number of anilines is 1. The molecule has 0 saturated carbocycles. The first-order valence-electron chi connectivity index (χ1n) is 5.19. The highest BCUT2D eigenvalue weighted by atomic mass is 14.8. The molecule has 0 bridgehead atoms. The Kier molecular flexibility index (Phi) is 2.35. The van der Waals surface area contributed by atoms with Crippen LogP contribution < -0.4 is 5.32 Å². The van der Waals surface area contributed by atoms with Gasteiger partial charge in [-0.25, -0.2) is 0 Å². The standard InChI is InChI=1S/C13H16N2/c1-8-6-5-7-11-12(8)15-10(3)9(2)13(11)14-4/h5-7H,1-4H3,(H,14,15). The first kappa shape index (κ1) is 9.97. The van der Waals surface area contributed by atoms with Crippen LogP contribution in [0.25, 0.3) is 10.9 Å². The molecule has 1 N–H and O–H groups in total. The minimum Gasteiger partial charge on any atom is -0.387 e. The maximum atomic E-state index is 4.64. The summed E-state index contributed by atoms with van der Waals surface area (Å²) >= 11 is 0.